The van der Waals surface area contributed by atoms with Gasteiger partial charge in [-0.3, -0.25) is 18.7 Å². The third kappa shape index (κ3) is 8.79. The van der Waals surface area contributed by atoms with Crippen LogP contribution in [0.2, 0.25) is 0 Å². The fourth-order valence-corrected chi connectivity index (χ4v) is 9.96. The third-order valence-electron chi connectivity index (χ3n) is 6.55. The van der Waals surface area contributed by atoms with Crippen LogP contribution in [-0.2, 0) is 46.2 Å². The van der Waals surface area contributed by atoms with Crippen LogP contribution in [0.15, 0.2) is 39.6 Å². The van der Waals surface area contributed by atoms with Crippen molar-refractivity contribution in [3.8, 4) is 5.88 Å². The summed E-state index contributed by atoms with van der Waals surface area (Å²) in [5.41, 5.74) is -1.15. The van der Waals surface area contributed by atoms with E-state index in [1.165, 1.54) is 18.2 Å². The minimum atomic E-state index is -4.20. The summed E-state index contributed by atoms with van der Waals surface area (Å²) in [7, 11) is -6.35. The molecular formula is C29H40N5O9PS2. The van der Waals surface area contributed by atoms with Crippen molar-refractivity contribution in [3.63, 3.8) is 0 Å². The average Bonchev–Trinajstić information content (AvgIpc) is 3.37. The smallest absolute Gasteiger partial charge is 0.351 e. The van der Waals surface area contributed by atoms with Gasteiger partial charge in [0.15, 0.2) is 0 Å². The summed E-state index contributed by atoms with van der Waals surface area (Å²) in [5, 5.41) is 0. The van der Waals surface area contributed by atoms with Gasteiger partial charge in [-0.2, -0.15) is 13.4 Å². The Morgan fingerprint density at radius 1 is 1.02 bits per heavy atom. The topological polar surface area (TPSA) is 167 Å². The molecule has 0 saturated carbocycles. The molecule has 0 unspecified atom stereocenters. The molecule has 252 valence electrons. The molecule has 14 nitrogen and oxygen atoms in total. The van der Waals surface area contributed by atoms with E-state index in [-0.39, 0.29) is 35.9 Å². The first kappa shape index (κ1) is 35.7. The van der Waals surface area contributed by atoms with Crippen molar-refractivity contribution in [3.05, 3.63) is 46.5 Å². The predicted molar refractivity (Wildman–Crippen MR) is 173 cm³/mol. The molecule has 1 aliphatic rings. The molecule has 1 aliphatic heterocycles. The van der Waals surface area contributed by atoms with E-state index in [1.807, 2.05) is 0 Å². The van der Waals surface area contributed by atoms with E-state index in [9.17, 15) is 27.4 Å². The van der Waals surface area contributed by atoms with Gasteiger partial charge in [0.2, 0.25) is 16.1 Å². The van der Waals surface area contributed by atoms with E-state index in [0.717, 1.165) is 20.2 Å². The second kappa shape index (κ2) is 13.5. The molecule has 2 amide bonds. The van der Waals surface area contributed by atoms with Crippen molar-refractivity contribution in [2.24, 2.45) is 0 Å². The van der Waals surface area contributed by atoms with Crippen molar-refractivity contribution in [2.45, 2.75) is 76.5 Å². The zero-order valence-electron chi connectivity index (χ0n) is 27.0. The molecule has 3 aromatic rings. The number of methoxy groups -OCH3 is 1. The number of ether oxygens (including phenoxy) is 1. The van der Waals surface area contributed by atoms with Gasteiger partial charge in [-0.25, -0.2) is 14.1 Å². The first-order chi connectivity index (χ1) is 21.3. The number of piperazine rings is 1. The van der Waals surface area contributed by atoms with E-state index in [2.05, 4.69) is 9.97 Å². The Morgan fingerprint density at radius 2 is 1.67 bits per heavy atom. The molecule has 4 rings (SSSR count). The summed E-state index contributed by atoms with van der Waals surface area (Å²) in [6.07, 6.45) is 2.17. The minimum Gasteiger partial charge on any atom is -0.481 e. The van der Waals surface area contributed by atoms with Crippen molar-refractivity contribution in [1.29, 1.82) is 0 Å². The number of aromatic nitrogens is 3. The normalized spacial score (nSPS) is 15.1. The largest absolute Gasteiger partial charge is 0.481 e. The van der Waals surface area contributed by atoms with Gasteiger partial charge in [0, 0.05) is 18.3 Å². The Morgan fingerprint density at radius 3 is 2.26 bits per heavy atom. The van der Waals surface area contributed by atoms with Gasteiger partial charge in [0.25, 0.3) is 15.9 Å². The van der Waals surface area contributed by atoms with Crippen molar-refractivity contribution in [1.82, 2.24) is 23.7 Å². The quantitative estimate of drug-likeness (QED) is 0.268. The van der Waals surface area contributed by atoms with E-state index in [0.29, 0.717) is 22.2 Å². The van der Waals surface area contributed by atoms with E-state index < -0.39 is 59.4 Å². The number of hydrogen-bond donors (Lipinski definition) is 0. The van der Waals surface area contributed by atoms with Gasteiger partial charge < -0.3 is 18.7 Å². The molecule has 0 N–H and O–H groups in total. The molecule has 3 heterocycles. The number of carbonyl (C=O) groups excluding carboxylic acids is 2. The molecule has 1 fully saturated rings. The fourth-order valence-electron chi connectivity index (χ4n) is 4.82. The summed E-state index contributed by atoms with van der Waals surface area (Å²) in [4.78, 5) is 48.2. The molecule has 0 radical (unpaired) electrons. The Bertz CT molecular complexity index is 1770. The lowest BCUT2D eigenvalue weighted by Gasteiger charge is -2.33. The van der Waals surface area contributed by atoms with E-state index >= 15 is 0 Å². The van der Waals surface area contributed by atoms with Gasteiger partial charge in [0.1, 0.15) is 13.1 Å². The predicted octanol–water partition coefficient (Wildman–Crippen LogP) is 3.68. The average molecular weight is 698 g/mol. The number of hydrogen-bond acceptors (Lipinski definition) is 12. The lowest BCUT2D eigenvalue weighted by molar-refractivity contribution is -0.142. The van der Waals surface area contributed by atoms with Crippen LogP contribution in [0, 0.1) is 0 Å². The second-order valence-corrected chi connectivity index (χ2v) is 17.9. The van der Waals surface area contributed by atoms with Crippen LogP contribution < -0.4 is 10.4 Å². The standard InChI is InChI=1S/C29H40N5O9PS2/c1-28(2,3)42-44(38,43-29(4,5)6)16-10-11-20-17-33(26(37)31-25(20)41-7)18-23(35)32-14-15-34(24(36)19-32)46(39,40)27-30-21-12-8-9-13-22(21)45-27/h8-9,12-13,17H,10-11,14-16,18-19H2,1-7H3. The second-order valence-electron chi connectivity index (χ2n) is 12.8. The molecule has 0 atom stereocenters. The lowest BCUT2D eigenvalue weighted by Crippen LogP contribution is -2.54. The summed E-state index contributed by atoms with van der Waals surface area (Å²) in [5.74, 6) is -1.27. The molecule has 1 saturated heterocycles. The van der Waals surface area contributed by atoms with Crippen LogP contribution in [0.3, 0.4) is 0 Å². The number of para-hydroxylation sites is 1. The number of rotatable bonds is 11. The maximum Gasteiger partial charge on any atom is 0.351 e. The van der Waals surface area contributed by atoms with Crippen LogP contribution in [-0.4, -0.2) is 88.1 Å². The van der Waals surface area contributed by atoms with Gasteiger partial charge in [-0.05, 0) is 66.5 Å². The molecule has 17 heteroatoms. The zero-order chi connectivity index (χ0) is 34.1. The maximum absolute atomic E-state index is 13.6. The Labute approximate surface area is 272 Å². The lowest BCUT2D eigenvalue weighted by atomic mass is 10.2. The molecule has 1 aromatic carbocycles. The highest BCUT2D eigenvalue weighted by Gasteiger charge is 2.38. The first-order valence-electron chi connectivity index (χ1n) is 14.6. The monoisotopic (exact) mass is 697 g/mol. The Balaban J connectivity index is 1.43. The highest BCUT2D eigenvalue weighted by Crippen LogP contribution is 2.55. The van der Waals surface area contributed by atoms with Crippen LogP contribution in [0.1, 0.15) is 53.5 Å². The summed E-state index contributed by atoms with van der Waals surface area (Å²) >= 11 is 0.968. The van der Waals surface area contributed by atoms with E-state index in [1.54, 1.807) is 65.8 Å². The number of fused-ring (bicyclic) bond motifs is 1. The molecule has 0 aliphatic carbocycles. The van der Waals surface area contributed by atoms with Crippen LogP contribution in [0.4, 0.5) is 0 Å². The Kier molecular flexibility index (Phi) is 10.5. The number of amides is 2. The number of aryl methyl sites for hydroxylation is 1. The Hall–Kier alpha value is -3.17. The van der Waals surface area contributed by atoms with Crippen LogP contribution >= 0.6 is 18.9 Å². The molecule has 0 bridgehead atoms. The number of thiazole rings is 1. The van der Waals surface area contributed by atoms with Gasteiger partial charge in [0.05, 0.1) is 41.2 Å². The summed E-state index contributed by atoms with van der Waals surface area (Å²) in [6, 6.07) is 6.94. The number of carbonyl (C=O) groups is 2. The molecule has 2 aromatic heterocycles. The molecule has 0 spiro atoms. The third-order valence-corrected chi connectivity index (χ3v) is 12.3. The highest BCUT2D eigenvalue weighted by atomic mass is 32.2. The first-order valence-corrected chi connectivity index (χ1v) is 18.6. The molecular weight excluding hydrogens is 657 g/mol. The van der Waals surface area contributed by atoms with Crippen molar-refractivity contribution >= 4 is 51.0 Å². The van der Waals surface area contributed by atoms with Gasteiger partial charge >= 0.3 is 13.3 Å². The summed E-state index contributed by atoms with van der Waals surface area (Å²) in [6.45, 7) is 9.53. The van der Waals surface area contributed by atoms with Crippen molar-refractivity contribution < 1.29 is 36.4 Å². The number of nitrogens with zero attached hydrogens (tertiary/aromatic N) is 5. The molecule has 46 heavy (non-hydrogen) atoms. The summed E-state index contributed by atoms with van der Waals surface area (Å²) < 4.78 is 59.3. The zero-order valence-corrected chi connectivity index (χ0v) is 29.5. The van der Waals surface area contributed by atoms with Crippen LogP contribution in [0.25, 0.3) is 10.2 Å². The van der Waals surface area contributed by atoms with Crippen molar-refractivity contribution in [2.75, 3.05) is 32.9 Å². The van der Waals surface area contributed by atoms with Gasteiger partial charge in [-0.1, -0.05) is 12.1 Å². The SMILES string of the molecule is COc1nc(=O)n(CC(=O)N2CCN(S(=O)(=O)c3nc4ccccc4s3)C(=O)C2)cc1CCCP(=O)(OC(C)(C)C)OC(C)(C)C. The highest BCUT2D eigenvalue weighted by molar-refractivity contribution is 7.91. The maximum atomic E-state index is 13.6. The number of benzene rings is 1. The van der Waals surface area contributed by atoms with E-state index in [4.69, 9.17) is 13.8 Å². The van der Waals surface area contributed by atoms with Gasteiger partial charge in [-0.15, -0.1) is 11.3 Å². The number of sulfonamides is 1. The minimum absolute atomic E-state index is 0.0588. The fraction of sp³-hybridized carbons (Fsp3) is 0.552. The van der Waals surface area contributed by atoms with Crippen LogP contribution in [0.5, 0.6) is 5.88 Å².